The number of aliphatic hydroxyl groups excluding tert-OH is 1. The zero-order valence-corrected chi connectivity index (χ0v) is 11.9. The summed E-state index contributed by atoms with van der Waals surface area (Å²) in [5.41, 5.74) is 2.36. The third-order valence-electron chi connectivity index (χ3n) is 2.77. The Morgan fingerprint density at radius 1 is 1.42 bits per heavy atom. The summed E-state index contributed by atoms with van der Waals surface area (Å²) in [7, 11) is 1.88. The van der Waals surface area contributed by atoms with Crippen molar-refractivity contribution in [3.8, 4) is 6.07 Å². The molecule has 2 aromatic rings. The van der Waals surface area contributed by atoms with Gasteiger partial charge in [-0.25, -0.2) is 0 Å². The number of nitriles is 1. The highest BCUT2D eigenvalue weighted by Crippen LogP contribution is 2.34. The van der Waals surface area contributed by atoms with Crippen molar-refractivity contribution >= 4 is 11.8 Å². The number of aromatic nitrogens is 2. The highest BCUT2D eigenvalue weighted by Gasteiger charge is 2.12. The van der Waals surface area contributed by atoms with E-state index < -0.39 is 6.10 Å². The molecule has 0 aliphatic heterocycles. The van der Waals surface area contributed by atoms with Gasteiger partial charge in [-0.15, -0.1) is 0 Å². The van der Waals surface area contributed by atoms with Gasteiger partial charge in [-0.05, 0) is 37.6 Å². The lowest BCUT2D eigenvalue weighted by Crippen LogP contribution is -1.97. The molecule has 0 amide bonds. The fraction of sp³-hybridized carbons (Fsp3) is 0.286. The normalized spacial score (nSPS) is 12.2. The summed E-state index contributed by atoms with van der Waals surface area (Å²) in [5, 5.41) is 24.1. The standard InChI is InChI=1S/C14H15N3OS/c1-9-6-14(17(3)16-9)19-13-7-11(8-15)4-5-12(13)10(2)18/h4-7,10,18H,1-3H3/t10-/m0/s1. The highest BCUT2D eigenvalue weighted by molar-refractivity contribution is 7.99. The molecule has 2 rings (SSSR count). The molecule has 0 unspecified atom stereocenters. The number of hydrogen-bond acceptors (Lipinski definition) is 4. The van der Waals surface area contributed by atoms with Gasteiger partial charge in [-0.1, -0.05) is 17.8 Å². The van der Waals surface area contributed by atoms with Crippen molar-refractivity contribution < 1.29 is 5.11 Å². The minimum atomic E-state index is -0.565. The van der Waals surface area contributed by atoms with Crippen LogP contribution in [-0.2, 0) is 7.05 Å². The van der Waals surface area contributed by atoms with Crippen LogP contribution in [-0.4, -0.2) is 14.9 Å². The van der Waals surface area contributed by atoms with Crippen LogP contribution < -0.4 is 0 Å². The van der Waals surface area contributed by atoms with Gasteiger partial charge in [0.1, 0.15) is 0 Å². The van der Waals surface area contributed by atoms with Gasteiger partial charge in [0.2, 0.25) is 0 Å². The quantitative estimate of drug-likeness (QED) is 0.934. The van der Waals surface area contributed by atoms with Crippen LogP contribution in [0, 0.1) is 18.3 Å². The van der Waals surface area contributed by atoms with Gasteiger partial charge >= 0.3 is 0 Å². The topological polar surface area (TPSA) is 61.8 Å². The largest absolute Gasteiger partial charge is 0.389 e. The predicted molar refractivity (Wildman–Crippen MR) is 73.9 cm³/mol. The fourth-order valence-corrected chi connectivity index (χ4v) is 3.00. The molecule has 0 radical (unpaired) electrons. The molecule has 19 heavy (non-hydrogen) atoms. The molecule has 0 aliphatic rings. The Labute approximate surface area is 116 Å². The van der Waals surface area contributed by atoms with E-state index in [0.29, 0.717) is 5.56 Å². The summed E-state index contributed by atoms with van der Waals surface area (Å²) in [6.07, 6.45) is -0.565. The number of nitrogens with zero attached hydrogens (tertiary/aromatic N) is 3. The SMILES string of the molecule is Cc1cc(Sc2cc(C#N)ccc2[C@H](C)O)n(C)n1. The van der Waals surface area contributed by atoms with E-state index >= 15 is 0 Å². The first kappa shape index (κ1) is 13.7. The fourth-order valence-electron chi connectivity index (χ4n) is 1.83. The van der Waals surface area contributed by atoms with Crippen LogP contribution in [0.5, 0.6) is 0 Å². The molecule has 0 aliphatic carbocycles. The van der Waals surface area contributed by atoms with Crippen molar-refractivity contribution in [3.05, 3.63) is 41.1 Å². The first-order chi connectivity index (χ1) is 9.01. The average molecular weight is 273 g/mol. The Kier molecular flexibility index (Phi) is 3.93. The van der Waals surface area contributed by atoms with E-state index in [2.05, 4.69) is 11.2 Å². The van der Waals surface area contributed by atoms with Crippen LogP contribution >= 0.6 is 11.8 Å². The van der Waals surface area contributed by atoms with Crippen molar-refractivity contribution in [3.63, 3.8) is 0 Å². The second kappa shape index (κ2) is 5.47. The molecule has 1 N–H and O–H groups in total. The highest BCUT2D eigenvalue weighted by atomic mass is 32.2. The number of aryl methyl sites for hydroxylation is 2. The van der Waals surface area contributed by atoms with Gasteiger partial charge in [-0.3, -0.25) is 4.68 Å². The maximum absolute atomic E-state index is 9.80. The molecule has 0 spiro atoms. The van der Waals surface area contributed by atoms with Crippen LogP contribution in [0.25, 0.3) is 0 Å². The summed E-state index contributed by atoms with van der Waals surface area (Å²) < 4.78 is 1.80. The van der Waals surface area contributed by atoms with E-state index in [9.17, 15) is 5.11 Å². The van der Waals surface area contributed by atoms with Crippen molar-refractivity contribution in [1.82, 2.24) is 9.78 Å². The number of rotatable bonds is 3. The Morgan fingerprint density at radius 3 is 2.68 bits per heavy atom. The summed E-state index contributed by atoms with van der Waals surface area (Å²) in [4.78, 5) is 0.886. The van der Waals surface area contributed by atoms with Crippen molar-refractivity contribution in [2.75, 3.05) is 0 Å². The van der Waals surface area contributed by atoms with Crippen molar-refractivity contribution in [2.45, 2.75) is 29.9 Å². The molecule has 1 heterocycles. The van der Waals surface area contributed by atoms with Gasteiger partial charge < -0.3 is 5.11 Å². The minimum Gasteiger partial charge on any atom is -0.389 e. The molecule has 5 heteroatoms. The Bertz CT molecular complexity index is 641. The number of hydrogen-bond donors (Lipinski definition) is 1. The third kappa shape index (κ3) is 2.98. The zero-order valence-electron chi connectivity index (χ0n) is 11.1. The van der Waals surface area contributed by atoms with Crippen molar-refractivity contribution in [1.29, 1.82) is 5.26 Å². The maximum Gasteiger partial charge on any atom is 0.0992 e. The number of aliphatic hydroxyl groups is 1. The molecular weight excluding hydrogens is 258 g/mol. The van der Waals surface area contributed by atoms with Crippen LogP contribution in [0.3, 0.4) is 0 Å². The lowest BCUT2D eigenvalue weighted by Gasteiger charge is -2.11. The van der Waals surface area contributed by atoms with Crippen LogP contribution in [0.15, 0.2) is 34.2 Å². The molecular formula is C14H15N3OS. The molecule has 1 atom stereocenters. The molecule has 98 valence electrons. The Hall–Kier alpha value is -1.77. The Morgan fingerprint density at radius 2 is 2.16 bits per heavy atom. The van der Waals surface area contributed by atoms with E-state index in [1.54, 1.807) is 29.8 Å². The summed E-state index contributed by atoms with van der Waals surface area (Å²) >= 11 is 1.51. The predicted octanol–water partition coefficient (Wildman–Crippen LogP) is 2.80. The van der Waals surface area contributed by atoms with E-state index in [1.165, 1.54) is 11.8 Å². The van der Waals surface area contributed by atoms with Crippen molar-refractivity contribution in [2.24, 2.45) is 7.05 Å². The second-order valence-corrected chi connectivity index (χ2v) is 5.45. The number of benzene rings is 1. The second-order valence-electron chi connectivity index (χ2n) is 4.39. The molecule has 1 aromatic heterocycles. The van der Waals surface area contributed by atoms with Crippen LogP contribution in [0.1, 0.15) is 29.8 Å². The van der Waals surface area contributed by atoms with Gasteiger partial charge in [0, 0.05) is 11.9 Å². The smallest absolute Gasteiger partial charge is 0.0992 e. The molecule has 1 aromatic carbocycles. The summed E-state index contributed by atoms with van der Waals surface area (Å²) in [6.45, 7) is 3.66. The molecule has 0 saturated heterocycles. The lowest BCUT2D eigenvalue weighted by atomic mass is 10.1. The van der Waals surface area contributed by atoms with Gasteiger partial charge in [-0.2, -0.15) is 10.4 Å². The first-order valence-corrected chi connectivity index (χ1v) is 6.73. The van der Waals surface area contributed by atoms with Crippen LogP contribution in [0.2, 0.25) is 0 Å². The summed E-state index contributed by atoms with van der Waals surface area (Å²) in [5.74, 6) is 0. The molecule has 4 nitrogen and oxygen atoms in total. The minimum absolute atomic E-state index is 0.565. The third-order valence-corrected chi connectivity index (χ3v) is 3.93. The monoisotopic (exact) mass is 273 g/mol. The molecule has 0 fully saturated rings. The Balaban J connectivity index is 2.43. The summed E-state index contributed by atoms with van der Waals surface area (Å²) in [6, 6.07) is 9.43. The van der Waals surface area contributed by atoms with Gasteiger partial charge in [0.25, 0.3) is 0 Å². The van der Waals surface area contributed by atoms with E-state index in [-0.39, 0.29) is 0 Å². The lowest BCUT2D eigenvalue weighted by molar-refractivity contribution is 0.196. The molecule has 0 saturated carbocycles. The van der Waals surface area contributed by atoms with E-state index in [1.807, 2.05) is 20.0 Å². The van der Waals surface area contributed by atoms with E-state index in [4.69, 9.17) is 5.26 Å². The average Bonchev–Trinajstić information content (AvgIpc) is 2.67. The van der Waals surface area contributed by atoms with Gasteiger partial charge in [0.15, 0.2) is 0 Å². The van der Waals surface area contributed by atoms with E-state index in [0.717, 1.165) is 21.2 Å². The maximum atomic E-state index is 9.80. The first-order valence-electron chi connectivity index (χ1n) is 5.92. The molecule has 0 bridgehead atoms. The van der Waals surface area contributed by atoms with Crippen LogP contribution in [0.4, 0.5) is 0 Å². The van der Waals surface area contributed by atoms with Gasteiger partial charge in [0.05, 0.1) is 28.5 Å². The zero-order chi connectivity index (χ0) is 14.0.